The normalized spacial score (nSPS) is 10.5. The molecule has 0 amide bonds. The van der Waals surface area contributed by atoms with E-state index < -0.39 is 0 Å². The van der Waals surface area contributed by atoms with Crippen molar-refractivity contribution >= 4 is 28.4 Å². The van der Waals surface area contributed by atoms with Crippen LogP contribution in [0.4, 0.5) is 5.82 Å². The van der Waals surface area contributed by atoms with E-state index in [2.05, 4.69) is 37.9 Å². The Morgan fingerprint density at radius 1 is 1.24 bits per heavy atom. The molecule has 1 aromatic heterocycles. The Morgan fingerprint density at radius 3 is 2.57 bits per heavy atom. The zero-order chi connectivity index (χ0) is 15.4. The maximum atomic E-state index is 5.29. The minimum absolute atomic E-state index is 0.456. The van der Waals surface area contributed by atoms with Gasteiger partial charge in [0.05, 0.1) is 23.0 Å². The summed E-state index contributed by atoms with van der Waals surface area (Å²) in [6, 6.07) is 5.92. The van der Waals surface area contributed by atoms with Crippen LogP contribution in [0.25, 0.3) is 11.4 Å². The van der Waals surface area contributed by atoms with Crippen LogP contribution in [0.15, 0.2) is 18.2 Å². The molecule has 0 radical (unpaired) electrons. The van der Waals surface area contributed by atoms with Crippen LogP contribution in [0.1, 0.15) is 11.3 Å². The first kappa shape index (κ1) is 16.0. The number of hydrogen-bond acceptors (Lipinski definition) is 5. The smallest absolute Gasteiger partial charge is 0.161 e. The van der Waals surface area contributed by atoms with Gasteiger partial charge in [-0.3, -0.25) is 0 Å². The van der Waals surface area contributed by atoms with Crippen molar-refractivity contribution in [2.45, 2.75) is 13.5 Å². The van der Waals surface area contributed by atoms with Gasteiger partial charge in [-0.2, -0.15) is 0 Å². The van der Waals surface area contributed by atoms with Gasteiger partial charge in [-0.25, -0.2) is 9.97 Å². The predicted octanol–water partition coefficient (Wildman–Crippen LogP) is 3.25. The fourth-order valence-corrected chi connectivity index (χ4v) is 2.70. The second-order valence-corrected chi connectivity index (χ2v) is 5.60. The summed E-state index contributed by atoms with van der Waals surface area (Å²) >= 11 is 2.23. The average molecular weight is 399 g/mol. The third-order valence-corrected chi connectivity index (χ3v) is 4.22. The van der Waals surface area contributed by atoms with Crippen molar-refractivity contribution < 1.29 is 9.47 Å². The molecule has 0 spiro atoms. The molecule has 0 bridgehead atoms. The second-order valence-electron chi connectivity index (χ2n) is 4.52. The van der Waals surface area contributed by atoms with Crippen molar-refractivity contribution in [2.75, 3.05) is 26.6 Å². The van der Waals surface area contributed by atoms with Crippen molar-refractivity contribution in [2.24, 2.45) is 0 Å². The molecule has 0 fully saturated rings. The molecule has 0 aliphatic rings. The topological polar surface area (TPSA) is 56.3 Å². The van der Waals surface area contributed by atoms with Gasteiger partial charge < -0.3 is 14.8 Å². The third-order valence-electron chi connectivity index (χ3n) is 3.09. The van der Waals surface area contributed by atoms with Gasteiger partial charge in [0.25, 0.3) is 0 Å². The van der Waals surface area contributed by atoms with Crippen molar-refractivity contribution in [3.8, 4) is 17.1 Å². The van der Waals surface area contributed by atoms with Crippen LogP contribution in [0.3, 0.4) is 0 Å². The standard InChI is InChI=1S/C15H18IN3O2/c1-9-7-10(5-6-12(9)21-4)14-18-11(8-20-3)13(16)15(17-2)19-14/h5-7H,8H2,1-4H3,(H,17,18,19). The number of methoxy groups -OCH3 is 2. The number of nitrogens with one attached hydrogen (secondary N) is 1. The highest BCUT2D eigenvalue weighted by Gasteiger charge is 2.13. The van der Waals surface area contributed by atoms with Crippen molar-refractivity contribution in [3.63, 3.8) is 0 Å². The molecule has 21 heavy (non-hydrogen) atoms. The minimum Gasteiger partial charge on any atom is -0.496 e. The molecule has 6 heteroatoms. The third kappa shape index (κ3) is 3.44. The molecule has 2 rings (SSSR count). The van der Waals surface area contributed by atoms with E-state index in [1.807, 2.05) is 32.2 Å². The van der Waals surface area contributed by atoms with Crippen LogP contribution >= 0.6 is 22.6 Å². The van der Waals surface area contributed by atoms with E-state index in [9.17, 15) is 0 Å². The Labute approximate surface area is 138 Å². The zero-order valence-electron chi connectivity index (χ0n) is 12.5. The number of ether oxygens (including phenoxy) is 2. The van der Waals surface area contributed by atoms with Crippen molar-refractivity contribution in [1.82, 2.24) is 9.97 Å². The number of aryl methyl sites for hydroxylation is 1. The minimum atomic E-state index is 0.456. The first-order chi connectivity index (χ1) is 10.1. The van der Waals surface area contributed by atoms with Crippen LogP contribution in [-0.4, -0.2) is 31.2 Å². The van der Waals surface area contributed by atoms with E-state index in [0.717, 1.165) is 32.0 Å². The molecule has 0 unspecified atom stereocenters. The average Bonchev–Trinajstić information content (AvgIpc) is 2.49. The van der Waals surface area contributed by atoms with Gasteiger partial charge in [-0.1, -0.05) is 0 Å². The Hall–Kier alpha value is -1.41. The van der Waals surface area contributed by atoms with E-state index in [4.69, 9.17) is 9.47 Å². The summed E-state index contributed by atoms with van der Waals surface area (Å²) in [6.07, 6.45) is 0. The van der Waals surface area contributed by atoms with Gasteiger partial charge in [0.1, 0.15) is 11.6 Å². The maximum absolute atomic E-state index is 5.29. The Balaban J connectivity index is 2.52. The largest absolute Gasteiger partial charge is 0.496 e. The highest BCUT2D eigenvalue weighted by atomic mass is 127. The molecular weight excluding hydrogens is 381 g/mol. The monoisotopic (exact) mass is 399 g/mol. The number of rotatable bonds is 5. The van der Waals surface area contributed by atoms with Crippen LogP contribution in [0, 0.1) is 10.5 Å². The summed E-state index contributed by atoms with van der Waals surface area (Å²) in [5.41, 5.74) is 2.89. The lowest BCUT2D eigenvalue weighted by Gasteiger charge is -2.12. The summed E-state index contributed by atoms with van der Waals surface area (Å²) < 4.78 is 11.5. The fourth-order valence-electron chi connectivity index (χ4n) is 2.04. The first-order valence-electron chi connectivity index (χ1n) is 6.48. The van der Waals surface area contributed by atoms with Gasteiger partial charge in [-0.05, 0) is 53.3 Å². The van der Waals surface area contributed by atoms with Gasteiger partial charge in [0, 0.05) is 19.7 Å². The Morgan fingerprint density at radius 2 is 2.00 bits per heavy atom. The van der Waals surface area contributed by atoms with E-state index in [1.54, 1.807) is 14.2 Å². The summed E-state index contributed by atoms with van der Waals surface area (Å²) in [6.45, 7) is 2.46. The molecule has 0 saturated carbocycles. The van der Waals surface area contributed by atoms with Crippen molar-refractivity contribution in [3.05, 3.63) is 33.0 Å². The Bertz CT molecular complexity index is 647. The number of halogens is 1. The van der Waals surface area contributed by atoms with Crippen LogP contribution in [-0.2, 0) is 11.3 Å². The lowest BCUT2D eigenvalue weighted by molar-refractivity contribution is 0.181. The van der Waals surface area contributed by atoms with Gasteiger partial charge in [0.15, 0.2) is 5.82 Å². The molecule has 5 nitrogen and oxygen atoms in total. The molecule has 1 heterocycles. The summed E-state index contributed by atoms with van der Waals surface area (Å²) in [4.78, 5) is 9.19. The van der Waals surface area contributed by atoms with E-state index in [-0.39, 0.29) is 0 Å². The lowest BCUT2D eigenvalue weighted by Crippen LogP contribution is -2.06. The summed E-state index contributed by atoms with van der Waals surface area (Å²) in [7, 11) is 5.18. The van der Waals surface area contributed by atoms with E-state index >= 15 is 0 Å². The number of aromatic nitrogens is 2. The van der Waals surface area contributed by atoms with Gasteiger partial charge >= 0.3 is 0 Å². The molecule has 0 saturated heterocycles. The van der Waals surface area contributed by atoms with Crippen LogP contribution in [0.2, 0.25) is 0 Å². The Kier molecular flexibility index (Phi) is 5.35. The second kappa shape index (κ2) is 7.04. The lowest BCUT2D eigenvalue weighted by atomic mass is 10.1. The van der Waals surface area contributed by atoms with E-state index in [1.165, 1.54) is 0 Å². The molecule has 2 aromatic rings. The quantitative estimate of drug-likeness (QED) is 0.783. The summed E-state index contributed by atoms with van der Waals surface area (Å²) in [5, 5.41) is 3.10. The van der Waals surface area contributed by atoms with Gasteiger partial charge in [-0.15, -0.1) is 0 Å². The number of nitrogens with zero attached hydrogens (tertiary/aromatic N) is 2. The summed E-state index contributed by atoms with van der Waals surface area (Å²) in [5.74, 6) is 2.34. The molecule has 0 aliphatic heterocycles. The number of hydrogen-bond donors (Lipinski definition) is 1. The fraction of sp³-hybridized carbons (Fsp3) is 0.333. The molecule has 0 atom stereocenters. The zero-order valence-corrected chi connectivity index (χ0v) is 14.7. The predicted molar refractivity (Wildman–Crippen MR) is 91.7 cm³/mol. The number of anilines is 1. The van der Waals surface area contributed by atoms with Crippen molar-refractivity contribution in [1.29, 1.82) is 0 Å². The first-order valence-corrected chi connectivity index (χ1v) is 7.56. The van der Waals surface area contributed by atoms with Crippen LogP contribution < -0.4 is 10.1 Å². The SMILES string of the molecule is CNc1nc(-c2ccc(OC)c(C)c2)nc(COC)c1I. The number of benzene rings is 1. The molecular formula is C15H18IN3O2. The molecule has 1 N–H and O–H groups in total. The highest BCUT2D eigenvalue weighted by Crippen LogP contribution is 2.27. The molecule has 0 aliphatic carbocycles. The van der Waals surface area contributed by atoms with Crippen LogP contribution in [0.5, 0.6) is 5.75 Å². The van der Waals surface area contributed by atoms with E-state index in [0.29, 0.717) is 12.4 Å². The molecule has 1 aromatic carbocycles. The van der Waals surface area contributed by atoms with Gasteiger partial charge in [0.2, 0.25) is 0 Å². The maximum Gasteiger partial charge on any atom is 0.161 e. The highest BCUT2D eigenvalue weighted by molar-refractivity contribution is 14.1. The molecule has 112 valence electrons.